The van der Waals surface area contributed by atoms with Crippen LogP contribution in [0.2, 0.25) is 0 Å². The second-order valence-corrected chi connectivity index (χ2v) is 14.1. The third-order valence-corrected chi connectivity index (χ3v) is 11.8. The molecule has 0 unspecified atom stereocenters. The van der Waals surface area contributed by atoms with Crippen LogP contribution >= 0.6 is 34.0 Å². The summed E-state index contributed by atoms with van der Waals surface area (Å²) in [4.78, 5) is 42.0. The first-order valence-corrected chi connectivity index (χ1v) is 16.7. The molecule has 0 bridgehead atoms. The monoisotopic (exact) mass is 731 g/mol. The Morgan fingerprint density at radius 3 is 1.61 bits per heavy atom. The highest BCUT2D eigenvalue weighted by Crippen LogP contribution is 2.50. The van der Waals surface area contributed by atoms with Crippen LogP contribution in [0.5, 0.6) is 0 Å². The van der Waals surface area contributed by atoms with E-state index in [4.69, 9.17) is 13.1 Å². The van der Waals surface area contributed by atoms with Crippen LogP contribution in [0.25, 0.3) is 50.7 Å². The van der Waals surface area contributed by atoms with Crippen molar-refractivity contribution in [1.82, 2.24) is 4.57 Å². The lowest BCUT2D eigenvalue weighted by Gasteiger charge is -2.02. The standard InChI is InChI=1S/C35H9F4N7O2S3/c1-42-20(10-40)26-12-4-16(36)18(38)6-14(12)31(47)28(26)44-24-8-22-33(50-24)35-30(46(22)3)34-23(49-35)9-25(51-34)45-29-27(21(11-41)43-2)13-5-17(37)19(39)7-15(13)32(29)48/h4-9H,3H3/b26-20+,27-21?,44-28?,45-29?. The lowest BCUT2D eigenvalue weighted by molar-refractivity contribution is 0.106. The van der Waals surface area contributed by atoms with Crippen molar-refractivity contribution >= 4 is 108 Å². The number of ketones is 2. The summed E-state index contributed by atoms with van der Waals surface area (Å²) < 4.78 is 61.6. The van der Waals surface area contributed by atoms with Crippen molar-refractivity contribution in [3.8, 4) is 12.1 Å². The van der Waals surface area contributed by atoms with Crippen molar-refractivity contribution in [2.24, 2.45) is 17.0 Å². The summed E-state index contributed by atoms with van der Waals surface area (Å²) in [6.07, 6.45) is 0. The predicted octanol–water partition coefficient (Wildman–Crippen LogP) is 9.47. The highest BCUT2D eigenvalue weighted by molar-refractivity contribution is 7.37. The molecule has 0 saturated heterocycles. The molecule has 9 nitrogen and oxygen atoms in total. The number of benzene rings is 2. The SMILES string of the molecule is [C-]#[N+]C(C#N)=C1C(=Nc2cc3sc4c5sc(N=C6C(=O)c7cc(F)c(F)cc7/C6=C(/C#N)[N+]#[C-])cc5n(C)c4c3s2)C(=O)c2cc(F)c(F)cc21. The smallest absolute Gasteiger partial charge is 0.271 e. The molecule has 2 aromatic carbocycles. The first kappa shape index (κ1) is 31.7. The van der Waals surface area contributed by atoms with Gasteiger partial charge >= 0.3 is 0 Å². The van der Waals surface area contributed by atoms with E-state index in [1.807, 2.05) is 11.6 Å². The number of hydrogen-bond acceptors (Lipinski definition) is 9. The molecule has 0 spiro atoms. The van der Waals surface area contributed by atoms with E-state index < -0.39 is 46.2 Å². The van der Waals surface area contributed by atoms with Gasteiger partial charge < -0.3 is 4.57 Å². The molecule has 16 heteroatoms. The van der Waals surface area contributed by atoms with E-state index in [1.54, 1.807) is 24.3 Å². The molecule has 2 aliphatic rings. The maximum Gasteiger partial charge on any atom is 0.271 e. The number of aryl methyl sites for hydroxylation is 1. The van der Waals surface area contributed by atoms with Crippen LogP contribution in [0.15, 0.2) is 57.8 Å². The Hall–Kier alpha value is -6.56. The van der Waals surface area contributed by atoms with E-state index in [0.717, 1.165) is 54.1 Å². The van der Waals surface area contributed by atoms with E-state index in [9.17, 15) is 37.7 Å². The van der Waals surface area contributed by atoms with Gasteiger partial charge in [0.1, 0.15) is 21.4 Å². The summed E-state index contributed by atoms with van der Waals surface area (Å²) in [5, 5.41) is 19.9. The Kier molecular flexibility index (Phi) is 6.98. The fourth-order valence-electron chi connectivity index (χ4n) is 6.14. The summed E-state index contributed by atoms with van der Waals surface area (Å²) in [5.41, 5.74) is -0.902. The predicted molar refractivity (Wildman–Crippen MR) is 185 cm³/mol. The Morgan fingerprint density at radius 1 is 0.686 bits per heavy atom. The molecule has 6 aromatic rings. The zero-order valence-electron chi connectivity index (χ0n) is 25.1. The van der Waals surface area contributed by atoms with E-state index in [2.05, 4.69) is 19.7 Å². The average Bonchev–Trinajstić information content (AvgIpc) is 3.92. The first-order valence-electron chi connectivity index (χ1n) is 14.2. The molecule has 8 rings (SSSR count). The topological polar surface area (TPSA) is 120 Å². The number of halogens is 4. The number of aromatic nitrogens is 1. The van der Waals surface area contributed by atoms with Gasteiger partial charge in [0.15, 0.2) is 23.3 Å². The average molecular weight is 732 g/mol. The lowest BCUT2D eigenvalue weighted by Crippen LogP contribution is -2.07. The highest BCUT2D eigenvalue weighted by atomic mass is 32.1. The van der Waals surface area contributed by atoms with Gasteiger partial charge in [-0.2, -0.15) is 0 Å². The number of thiophene rings is 3. The second-order valence-electron chi connectivity index (χ2n) is 11.0. The molecule has 0 aliphatic heterocycles. The number of hydrogen-bond donors (Lipinski definition) is 0. The van der Waals surface area contributed by atoms with Gasteiger partial charge in [0.05, 0.1) is 55.1 Å². The molecule has 0 atom stereocenters. The summed E-state index contributed by atoms with van der Waals surface area (Å²) in [6, 6.07) is 9.86. The molecule has 0 N–H and O–H groups in total. The molecule has 51 heavy (non-hydrogen) atoms. The minimum absolute atomic E-state index is 0.0870. The second kappa shape index (κ2) is 11.2. The van der Waals surface area contributed by atoms with Gasteiger partial charge in [-0.05, 0) is 47.5 Å². The van der Waals surface area contributed by atoms with Crippen molar-refractivity contribution < 1.29 is 27.2 Å². The van der Waals surface area contributed by atoms with Crippen LogP contribution in [0.3, 0.4) is 0 Å². The van der Waals surface area contributed by atoms with E-state index in [1.165, 1.54) is 34.0 Å². The van der Waals surface area contributed by atoms with E-state index in [0.29, 0.717) is 10.0 Å². The highest BCUT2D eigenvalue weighted by Gasteiger charge is 2.37. The number of carbonyl (C=O) groups excluding carboxylic acids is 2. The third-order valence-electron chi connectivity index (χ3n) is 8.34. The summed E-state index contributed by atoms with van der Waals surface area (Å²) in [6.45, 7) is 14.9. The Morgan fingerprint density at radius 2 is 1.14 bits per heavy atom. The molecular weight excluding hydrogens is 723 g/mol. The number of aliphatic imine (C=N–C) groups is 2. The van der Waals surface area contributed by atoms with Gasteiger partial charge in [-0.3, -0.25) is 9.59 Å². The van der Waals surface area contributed by atoms with Gasteiger partial charge in [-0.1, -0.05) is 0 Å². The molecular formula is C35H9F4N7O2S3. The van der Waals surface area contributed by atoms with Crippen molar-refractivity contribution in [2.75, 3.05) is 0 Å². The molecule has 0 fully saturated rings. The molecule has 0 saturated carbocycles. The molecule has 242 valence electrons. The maximum absolute atomic E-state index is 14.2. The van der Waals surface area contributed by atoms with Gasteiger partial charge in [0, 0.05) is 29.3 Å². The first-order chi connectivity index (χ1) is 24.5. The number of rotatable bonds is 2. The van der Waals surface area contributed by atoms with Crippen LogP contribution in [-0.4, -0.2) is 27.6 Å². The third kappa shape index (κ3) is 4.45. The van der Waals surface area contributed by atoms with Gasteiger partial charge in [-0.25, -0.2) is 47.8 Å². The maximum atomic E-state index is 14.2. The van der Waals surface area contributed by atoms with Gasteiger partial charge in [0.2, 0.25) is 11.6 Å². The zero-order valence-corrected chi connectivity index (χ0v) is 27.6. The fourth-order valence-corrected chi connectivity index (χ4v) is 9.92. The largest absolute Gasteiger partial charge is 0.341 e. The van der Waals surface area contributed by atoms with Crippen LogP contribution < -0.4 is 0 Å². The summed E-state index contributed by atoms with van der Waals surface area (Å²) in [7, 11) is 1.81. The Bertz CT molecular complexity index is 2980. The number of carbonyl (C=O) groups is 2. The van der Waals surface area contributed by atoms with Crippen LogP contribution in [0.4, 0.5) is 27.6 Å². The minimum Gasteiger partial charge on any atom is -0.341 e. The molecule has 0 amide bonds. The Labute approximate surface area is 294 Å². The van der Waals surface area contributed by atoms with Crippen LogP contribution in [0, 0.1) is 59.1 Å². The van der Waals surface area contributed by atoms with Crippen molar-refractivity contribution in [3.05, 3.63) is 116 Å². The van der Waals surface area contributed by atoms with Crippen molar-refractivity contribution in [1.29, 1.82) is 10.5 Å². The zero-order chi connectivity index (χ0) is 36.0. The van der Waals surface area contributed by atoms with Crippen molar-refractivity contribution in [2.45, 2.75) is 0 Å². The molecule has 4 aromatic heterocycles. The van der Waals surface area contributed by atoms with Crippen LogP contribution in [-0.2, 0) is 7.05 Å². The van der Waals surface area contributed by atoms with E-state index >= 15 is 0 Å². The van der Waals surface area contributed by atoms with Gasteiger partial charge in [-0.15, -0.1) is 34.0 Å². The summed E-state index contributed by atoms with van der Waals surface area (Å²) >= 11 is 3.86. The van der Waals surface area contributed by atoms with Crippen LogP contribution in [0.1, 0.15) is 31.8 Å². The number of nitrogens with zero attached hydrogens (tertiary/aromatic N) is 7. The summed E-state index contributed by atoms with van der Waals surface area (Å²) in [5.74, 6) is -6.48. The number of Topliss-reactive ketones (excluding diaryl/α,β-unsaturated/α-hetero) is 2. The molecule has 4 heterocycles. The molecule has 0 radical (unpaired) electrons. The lowest BCUT2D eigenvalue weighted by atomic mass is 10.0. The molecule has 2 aliphatic carbocycles. The number of nitriles is 2. The van der Waals surface area contributed by atoms with Crippen molar-refractivity contribution in [3.63, 3.8) is 0 Å². The minimum atomic E-state index is -1.25. The fraction of sp³-hybridized carbons (Fsp3) is 0.0286. The normalized spacial score (nSPS) is 17.3. The quantitative estimate of drug-likeness (QED) is 0.100. The Balaban J connectivity index is 1.24. The number of allylic oxidation sites excluding steroid dienone is 4. The van der Waals surface area contributed by atoms with Gasteiger partial charge in [0.25, 0.3) is 11.4 Å². The van der Waals surface area contributed by atoms with E-state index in [-0.39, 0.29) is 44.8 Å². The number of fused-ring (bicyclic) bond motifs is 7.